The van der Waals surface area contributed by atoms with Crippen molar-refractivity contribution in [1.29, 1.82) is 0 Å². The van der Waals surface area contributed by atoms with Crippen LogP contribution in [0.2, 0.25) is 0 Å². The fraction of sp³-hybridized carbons (Fsp3) is 0.481. The first-order valence-electron chi connectivity index (χ1n) is 12.5. The van der Waals surface area contributed by atoms with Gasteiger partial charge in [0.1, 0.15) is 0 Å². The molecule has 1 aliphatic heterocycles. The van der Waals surface area contributed by atoms with Crippen LogP contribution >= 0.6 is 0 Å². The van der Waals surface area contributed by atoms with E-state index in [9.17, 15) is 4.79 Å². The van der Waals surface area contributed by atoms with Crippen LogP contribution in [0.15, 0.2) is 36.7 Å². The number of nitrogens with zero attached hydrogens (tertiary/aromatic N) is 5. The number of aromatic nitrogens is 3. The van der Waals surface area contributed by atoms with Gasteiger partial charge in [-0.3, -0.25) is 9.88 Å². The Hall–Kier alpha value is -3.26. The molecule has 0 saturated carbocycles. The minimum atomic E-state index is -0.212. The third kappa shape index (κ3) is 6.45. The Morgan fingerprint density at radius 2 is 1.89 bits per heavy atom. The van der Waals surface area contributed by atoms with Crippen LogP contribution in [-0.2, 0) is 0 Å². The quantitative estimate of drug-likeness (QED) is 0.470. The van der Waals surface area contributed by atoms with E-state index < -0.39 is 0 Å². The Kier molecular flexibility index (Phi) is 8.13. The van der Waals surface area contributed by atoms with Crippen LogP contribution in [0.5, 0.6) is 5.88 Å². The summed E-state index contributed by atoms with van der Waals surface area (Å²) in [5, 5.41) is 2.87. The van der Waals surface area contributed by atoms with Gasteiger partial charge in [0.05, 0.1) is 23.8 Å². The van der Waals surface area contributed by atoms with Crippen molar-refractivity contribution in [3.63, 3.8) is 0 Å². The van der Waals surface area contributed by atoms with Gasteiger partial charge in [-0.05, 0) is 76.9 Å². The molecule has 4 rings (SSSR count). The first-order chi connectivity index (χ1) is 16.9. The minimum absolute atomic E-state index is 0.0438. The van der Waals surface area contributed by atoms with Gasteiger partial charge in [0.15, 0.2) is 5.82 Å². The molecule has 2 amide bonds. The van der Waals surface area contributed by atoms with Crippen molar-refractivity contribution in [2.24, 2.45) is 0 Å². The number of aryl methyl sites for hydroxylation is 1. The standard InChI is InChI=1S/C27H36N6O2/c1-19(2)30-27(34)32(4)25-18-28-23-10-9-21(16-24(23)31-25)22-15-20(3)26(29-17-22)35-14-8-13-33-11-6-5-7-12-33/h9-10,15-19H,5-8,11-14H2,1-4H3,(H,30,34). The van der Waals surface area contributed by atoms with Crippen LogP contribution in [0.1, 0.15) is 45.1 Å². The summed E-state index contributed by atoms with van der Waals surface area (Å²) in [6.45, 7) is 10.1. The van der Waals surface area contributed by atoms with Crippen LogP contribution < -0.4 is 15.0 Å². The third-order valence-electron chi connectivity index (χ3n) is 6.26. The molecule has 2 aromatic heterocycles. The molecule has 0 aliphatic carbocycles. The monoisotopic (exact) mass is 476 g/mol. The molecular formula is C27H36N6O2. The Bertz CT molecular complexity index is 1160. The summed E-state index contributed by atoms with van der Waals surface area (Å²) in [6.07, 6.45) is 8.46. The molecule has 0 unspecified atom stereocenters. The second kappa shape index (κ2) is 11.4. The first kappa shape index (κ1) is 24.9. The summed E-state index contributed by atoms with van der Waals surface area (Å²) < 4.78 is 5.98. The van der Waals surface area contributed by atoms with E-state index >= 15 is 0 Å². The first-order valence-corrected chi connectivity index (χ1v) is 12.5. The predicted molar refractivity (Wildman–Crippen MR) is 140 cm³/mol. The van der Waals surface area contributed by atoms with E-state index in [4.69, 9.17) is 4.74 Å². The van der Waals surface area contributed by atoms with Gasteiger partial charge in [-0.25, -0.2) is 14.8 Å². The molecule has 186 valence electrons. The second-order valence-corrected chi connectivity index (χ2v) is 9.55. The van der Waals surface area contributed by atoms with Crippen LogP contribution in [0, 0.1) is 6.92 Å². The highest BCUT2D eigenvalue weighted by Gasteiger charge is 2.15. The zero-order chi connectivity index (χ0) is 24.8. The van der Waals surface area contributed by atoms with Gasteiger partial charge < -0.3 is 15.0 Å². The van der Waals surface area contributed by atoms with Gasteiger partial charge in [0.25, 0.3) is 0 Å². The number of urea groups is 1. The van der Waals surface area contributed by atoms with Crippen molar-refractivity contribution >= 4 is 22.9 Å². The highest BCUT2D eigenvalue weighted by atomic mass is 16.5. The third-order valence-corrected chi connectivity index (χ3v) is 6.26. The normalized spacial score (nSPS) is 14.3. The van der Waals surface area contributed by atoms with Crippen LogP contribution in [0.3, 0.4) is 0 Å². The Morgan fingerprint density at radius 1 is 1.09 bits per heavy atom. The number of fused-ring (bicyclic) bond motifs is 1. The van der Waals surface area contributed by atoms with Crippen molar-refractivity contribution in [3.05, 3.63) is 42.2 Å². The number of carbonyl (C=O) groups is 1. The smallest absolute Gasteiger partial charge is 0.323 e. The maximum absolute atomic E-state index is 12.3. The molecule has 0 spiro atoms. The molecule has 8 nitrogen and oxygen atoms in total. The zero-order valence-corrected chi connectivity index (χ0v) is 21.3. The minimum Gasteiger partial charge on any atom is -0.477 e. The molecule has 1 aliphatic rings. The fourth-order valence-electron chi connectivity index (χ4n) is 4.30. The average Bonchev–Trinajstić information content (AvgIpc) is 2.86. The topological polar surface area (TPSA) is 83.5 Å². The average molecular weight is 477 g/mol. The number of nitrogens with one attached hydrogen (secondary N) is 1. The number of pyridine rings is 1. The molecule has 0 radical (unpaired) electrons. The number of rotatable bonds is 8. The summed E-state index contributed by atoms with van der Waals surface area (Å²) >= 11 is 0. The Labute approximate surface area is 207 Å². The number of benzene rings is 1. The maximum Gasteiger partial charge on any atom is 0.323 e. The van der Waals surface area contributed by atoms with E-state index in [1.807, 2.05) is 45.2 Å². The summed E-state index contributed by atoms with van der Waals surface area (Å²) in [7, 11) is 1.69. The van der Waals surface area contributed by atoms with E-state index in [-0.39, 0.29) is 12.1 Å². The summed E-state index contributed by atoms with van der Waals surface area (Å²) in [6, 6.07) is 7.86. The number of likely N-dealkylation sites (tertiary alicyclic amines) is 1. The van der Waals surface area contributed by atoms with E-state index in [0.717, 1.165) is 40.7 Å². The largest absolute Gasteiger partial charge is 0.477 e. The lowest BCUT2D eigenvalue weighted by atomic mass is 10.1. The fourth-order valence-corrected chi connectivity index (χ4v) is 4.30. The van der Waals surface area contributed by atoms with Crippen molar-refractivity contribution in [3.8, 4) is 17.0 Å². The predicted octanol–water partition coefficient (Wildman–Crippen LogP) is 4.81. The van der Waals surface area contributed by atoms with Crippen molar-refractivity contribution in [2.75, 3.05) is 38.2 Å². The number of hydrogen-bond donors (Lipinski definition) is 1. The van der Waals surface area contributed by atoms with Crippen molar-refractivity contribution in [1.82, 2.24) is 25.2 Å². The molecule has 3 heterocycles. The van der Waals surface area contributed by atoms with Gasteiger partial charge in [-0.15, -0.1) is 0 Å². The van der Waals surface area contributed by atoms with E-state index in [1.54, 1.807) is 13.2 Å². The molecule has 1 aromatic carbocycles. The van der Waals surface area contributed by atoms with E-state index in [1.165, 1.54) is 37.3 Å². The van der Waals surface area contributed by atoms with Gasteiger partial charge in [-0.2, -0.15) is 0 Å². The SMILES string of the molecule is Cc1cc(-c2ccc3ncc(N(C)C(=O)NC(C)C)nc3c2)cnc1OCCCN1CCCCC1. The van der Waals surface area contributed by atoms with Crippen molar-refractivity contribution in [2.45, 2.75) is 52.5 Å². The molecule has 3 aromatic rings. The second-order valence-electron chi connectivity index (χ2n) is 9.55. The van der Waals surface area contributed by atoms with E-state index in [0.29, 0.717) is 18.3 Å². The van der Waals surface area contributed by atoms with Crippen LogP contribution in [0.4, 0.5) is 10.6 Å². The van der Waals surface area contributed by atoms with Crippen LogP contribution in [-0.4, -0.2) is 65.2 Å². The summed E-state index contributed by atoms with van der Waals surface area (Å²) in [5.41, 5.74) is 4.48. The summed E-state index contributed by atoms with van der Waals surface area (Å²) in [5.74, 6) is 1.18. The molecule has 0 atom stereocenters. The highest BCUT2D eigenvalue weighted by Crippen LogP contribution is 2.27. The summed E-state index contributed by atoms with van der Waals surface area (Å²) in [4.78, 5) is 30.1. The lowest BCUT2D eigenvalue weighted by Gasteiger charge is -2.26. The number of hydrogen-bond acceptors (Lipinski definition) is 6. The Morgan fingerprint density at radius 3 is 2.63 bits per heavy atom. The molecular weight excluding hydrogens is 440 g/mol. The highest BCUT2D eigenvalue weighted by molar-refractivity contribution is 5.91. The zero-order valence-electron chi connectivity index (χ0n) is 21.3. The lowest BCUT2D eigenvalue weighted by molar-refractivity contribution is 0.202. The van der Waals surface area contributed by atoms with Crippen LogP contribution in [0.25, 0.3) is 22.2 Å². The Balaban J connectivity index is 1.43. The molecule has 1 fully saturated rings. The maximum atomic E-state index is 12.3. The number of amides is 2. The van der Waals surface area contributed by atoms with Gasteiger partial charge in [0.2, 0.25) is 5.88 Å². The number of ether oxygens (including phenoxy) is 1. The molecule has 0 bridgehead atoms. The van der Waals surface area contributed by atoms with Gasteiger partial charge in [-0.1, -0.05) is 12.5 Å². The van der Waals surface area contributed by atoms with Gasteiger partial charge in [0, 0.05) is 37.0 Å². The number of anilines is 1. The molecule has 8 heteroatoms. The number of carbonyl (C=O) groups excluding carboxylic acids is 1. The molecule has 1 N–H and O–H groups in total. The lowest BCUT2D eigenvalue weighted by Crippen LogP contribution is -2.41. The van der Waals surface area contributed by atoms with E-state index in [2.05, 4.69) is 31.2 Å². The molecule has 35 heavy (non-hydrogen) atoms. The number of piperidine rings is 1. The van der Waals surface area contributed by atoms with Gasteiger partial charge >= 0.3 is 6.03 Å². The van der Waals surface area contributed by atoms with Crippen molar-refractivity contribution < 1.29 is 9.53 Å². The molecule has 1 saturated heterocycles.